The molecule has 1 atom stereocenters. The fourth-order valence-electron chi connectivity index (χ4n) is 1.39. The van der Waals surface area contributed by atoms with Crippen LogP contribution in [0.5, 0.6) is 0 Å². The van der Waals surface area contributed by atoms with Gasteiger partial charge in [-0.3, -0.25) is 0 Å². The zero-order valence-electron chi connectivity index (χ0n) is 10.2. The van der Waals surface area contributed by atoms with Gasteiger partial charge < -0.3 is 15.7 Å². The second-order valence-electron chi connectivity index (χ2n) is 4.18. The number of rotatable bonds is 4. The van der Waals surface area contributed by atoms with Crippen molar-refractivity contribution in [1.82, 2.24) is 5.32 Å². The van der Waals surface area contributed by atoms with Crippen molar-refractivity contribution in [1.29, 1.82) is 0 Å². The smallest absolute Gasteiger partial charge is 0.326 e. The maximum absolute atomic E-state index is 11.7. The van der Waals surface area contributed by atoms with E-state index in [-0.39, 0.29) is 5.92 Å². The third kappa shape index (κ3) is 3.96. The average molecular weight is 268 g/mol. The Balaban J connectivity index is 2.67. The Hall–Kier alpha value is -1.69. The fourth-order valence-corrected chi connectivity index (χ4v) is 1.61. The first-order chi connectivity index (χ1) is 8.41. The van der Waals surface area contributed by atoms with Crippen molar-refractivity contribution in [3.05, 3.63) is 24.3 Å². The standard InChI is InChI=1S/C12H16N2O3S/c1-7(2)10(11(15)16)14-12(17)13-8-5-3-4-6-9(8)18/h3-7,10,18H,1-2H3,(H,15,16)(H2,13,14,17). The van der Waals surface area contributed by atoms with Crippen molar-refractivity contribution in [3.63, 3.8) is 0 Å². The molecule has 98 valence electrons. The number of hydrogen-bond acceptors (Lipinski definition) is 3. The fraction of sp³-hybridized carbons (Fsp3) is 0.333. The van der Waals surface area contributed by atoms with Gasteiger partial charge in [-0.05, 0) is 18.1 Å². The van der Waals surface area contributed by atoms with Crippen LogP contribution in [0.2, 0.25) is 0 Å². The zero-order chi connectivity index (χ0) is 13.7. The van der Waals surface area contributed by atoms with Crippen LogP contribution in [0.3, 0.4) is 0 Å². The van der Waals surface area contributed by atoms with Crippen LogP contribution in [-0.2, 0) is 4.79 Å². The first-order valence-electron chi connectivity index (χ1n) is 5.50. The minimum Gasteiger partial charge on any atom is -0.480 e. The van der Waals surface area contributed by atoms with Crippen molar-refractivity contribution >= 4 is 30.3 Å². The highest BCUT2D eigenvalue weighted by molar-refractivity contribution is 7.80. The lowest BCUT2D eigenvalue weighted by Gasteiger charge is -2.18. The Bertz CT molecular complexity index is 449. The van der Waals surface area contributed by atoms with Gasteiger partial charge in [0.2, 0.25) is 0 Å². The van der Waals surface area contributed by atoms with E-state index in [1.165, 1.54) is 0 Å². The zero-order valence-corrected chi connectivity index (χ0v) is 11.1. The van der Waals surface area contributed by atoms with Gasteiger partial charge in [-0.15, -0.1) is 12.6 Å². The third-order valence-electron chi connectivity index (χ3n) is 2.37. The highest BCUT2D eigenvalue weighted by atomic mass is 32.1. The molecular formula is C12H16N2O3S. The lowest BCUT2D eigenvalue weighted by Crippen LogP contribution is -2.46. The van der Waals surface area contributed by atoms with Crippen LogP contribution in [0.15, 0.2) is 29.2 Å². The average Bonchev–Trinajstić information content (AvgIpc) is 2.28. The van der Waals surface area contributed by atoms with Crippen LogP contribution in [-0.4, -0.2) is 23.1 Å². The highest BCUT2D eigenvalue weighted by Crippen LogP contribution is 2.18. The van der Waals surface area contributed by atoms with Crippen molar-refractivity contribution < 1.29 is 14.7 Å². The topological polar surface area (TPSA) is 78.4 Å². The molecular weight excluding hydrogens is 252 g/mol. The van der Waals surface area contributed by atoms with Crippen LogP contribution < -0.4 is 10.6 Å². The van der Waals surface area contributed by atoms with Crippen LogP contribution in [0.4, 0.5) is 10.5 Å². The Labute approximate surface area is 111 Å². The van der Waals surface area contributed by atoms with Gasteiger partial charge in [0, 0.05) is 4.90 Å². The number of para-hydroxylation sites is 1. The molecule has 0 aliphatic carbocycles. The van der Waals surface area contributed by atoms with E-state index in [2.05, 4.69) is 23.3 Å². The summed E-state index contributed by atoms with van der Waals surface area (Å²) in [6.07, 6.45) is 0. The largest absolute Gasteiger partial charge is 0.480 e. The molecule has 18 heavy (non-hydrogen) atoms. The van der Waals surface area contributed by atoms with Gasteiger partial charge in [-0.1, -0.05) is 26.0 Å². The third-order valence-corrected chi connectivity index (χ3v) is 2.76. The molecule has 5 nitrogen and oxygen atoms in total. The van der Waals surface area contributed by atoms with Gasteiger partial charge in [0.05, 0.1) is 5.69 Å². The molecule has 0 radical (unpaired) electrons. The normalized spacial score (nSPS) is 12.0. The summed E-state index contributed by atoms with van der Waals surface area (Å²) in [6, 6.07) is 5.49. The molecule has 2 amide bonds. The summed E-state index contributed by atoms with van der Waals surface area (Å²) < 4.78 is 0. The number of hydrogen-bond donors (Lipinski definition) is 4. The summed E-state index contributed by atoms with van der Waals surface area (Å²) in [4.78, 5) is 23.2. The summed E-state index contributed by atoms with van der Waals surface area (Å²) in [6.45, 7) is 3.46. The molecule has 0 aromatic heterocycles. The van der Waals surface area contributed by atoms with E-state index in [0.717, 1.165) is 0 Å². The molecule has 0 bridgehead atoms. The van der Waals surface area contributed by atoms with E-state index < -0.39 is 18.0 Å². The number of anilines is 1. The molecule has 0 saturated carbocycles. The number of carbonyl (C=O) groups is 2. The molecule has 1 unspecified atom stereocenters. The van der Waals surface area contributed by atoms with Crippen molar-refractivity contribution in [2.75, 3.05) is 5.32 Å². The SMILES string of the molecule is CC(C)C(NC(=O)Nc1ccccc1S)C(=O)O. The van der Waals surface area contributed by atoms with Gasteiger partial charge in [-0.2, -0.15) is 0 Å². The van der Waals surface area contributed by atoms with Crippen LogP contribution in [0.1, 0.15) is 13.8 Å². The van der Waals surface area contributed by atoms with Gasteiger partial charge >= 0.3 is 12.0 Å². The maximum atomic E-state index is 11.7. The second kappa shape index (κ2) is 6.30. The van der Waals surface area contributed by atoms with E-state index in [9.17, 15) is 9.59 Å². The minimum absolute atomic E-state index is 0.195. The summed E-state index contributed by atoms with van der Waals surface area (Å²) >= 11 is 4.19. The van der Waals surface area contributed by atoms with Crippen molar-refractivity contribution in [2.24, 2.45) is 5.92 Å². The molecule has 0 aliphatic rings. The van der Waals surface area contributed by atoms with Gasteiger partial charge in [0.25, 0.3) is 0 Å². The molecule has 0 aliphatic heterocycles. The number of carbonyl (C=O) groups excluding carboxylic acids is 1. The lowest BCUT2D eigenvalue weighted by molar-refractivity contribution is -0.140. The van der Waals surface area contributed by atoms with Gasteiger partial charge in [0.1, 0.15) is 6.04 Å². The number of urea groups is 1. The summed E-state index contributed by atoms with van der Waals surface area (Å²) in [7, 11) is 0. The first kappa shape index (κ1) is 14.4. The Morgan fingerprint density at radius 2 is 1.89 bits per heavy atom. The number of benzene rings is 1. The Morgan fingerprint density at radius 3 is 2.39 bits per heavy atom. The number of carboxylic acid groups (broad SMARTS) is 1. The van der Waals surface area contributed by atoms with E-state index in [4.69, 9.17) is 5.11 Å². The molecule has 1 aromatic carbocycles. The predicted octanol–water partition coefficient (Wildman–Crippen LogP) is 2.21. The molecule has 0 fully saturated rings. The van der Waals surface area contributed by atoms with Gasteiger partial charge in [0.15, 0.2) is 0 Å². The number of thiol groups is 1. The summed E-state index contributed by atoms with van der Waals surface area (Å²) in [5.41, 5.74) is 0.534. The predicted molar refractivity (Wildman–Crippen MR) is 72.1 cm³/mol. The lowest BCUT2D eigenvalue weighted by atomic mass is 10.1. The van der Waals surface area contributed by atoms with Crippen LogP contribution in [0, 0.1) is 5.92 Å². The van der Waals surface area contributed by atoms with E-state index >= 15 is 0 Å². The molecule has 0 heterocycles. The van der Waals surface area contributed by atoms with Crippen molar-refractivity contribution in [2.45, 2.75) is 24.8 Å². The molecule has 1 aromatic rings. The summed E-state index contributed by atoms with van der Waals surface area (Å²) in [5.74, 6) is -1.25. The Kier molecular flexibility index (Phi) is 5.03. The number of aliphatic carboxylic acids is 1. The summed E-state index contributed by atoms with van der Waals surface area (Å²) in [5, 5.41) is 13.9. The Morgan fingerprint density at radius 1 is 1.28 bits per heavy atom. The van der Waals surface area contributed by atoms with Crippen molar-refractivity contribution in [3.8, 4) is 0 Å². The molecule has 0 spiro atoms. The molecule has 6 heteroatoms. The van der Waals surface area contributed by atoms with E-state index in [0.29, 0.717) is 10.6 Å². The number of carboxylic acids is 1. The van der Waals surface area contributed by atoms with Crippen LogP contribution >= 0.6 is 12.6 Å². The quantitative estimate of drug-likeness (QED) is 0.632. The highest BCUT2D eigenvalue weighted by Gasteiger charge is 2.23. The maximum Gasteiger partial charge on any atom is 0.326 e. The minimum atomic E-state index is -1.06. The number of nitrogens with one attached hydrogen (secondary N) is 2. The molecule has 3 N–H and O–H groups in total. The number of amides is 2. The monoisotopic (exact) mass is 268 g/mol. The van der Waals surface area contributed by atoms with Gasteiger partial charge in [-0.25, -0.2) is 9.59 Å². The molecule has 0 saturated heterocycles. The van der Waals surface area contributed by atoms with E-state index in [1.807, 2.05) is 0 Å². The van der Waals surface area contributed by atoms with E-state index in [1.54, 1.807) is 38.1 Å². The first-order valence-corrected chi connectivity index (χ1v) is 5.95. The second-order valence-corrected chi connectivity index (χ2v) is 4.66. The molecule has 1 rings (SSSR count). The van der Waals surface area contributed by atoms with Crippen LogP contribution in [0.25, 0.3) is 0 Å².